The Bertz CT molecular complexity index is 720. The second-order valence-electron chi connectivity index (χ2n) is 6.47. The molecule has 1 heterocycles. The lowest BCUT2D eigenvalue weighted by Crippen LogP contribution is -2.28. The molecular weight excluding hydrogens is 282 g/mol. The van der Waals surface area contributed by atoms with Crippen molar-refractivity contribution in [3.05, 3.63) is 83.4 Å². The van der Waals surface area contributed by atoms with Crippen LogP contribution >= 0.6 is 0 Å². The molecule has 0 bridgehead atoms. The van der Waals surface area contributed by atoms with E-state index >= 15 is 0 Å². The van der Waals surface area contributed by atoms with Gasteiger partial charge in [-0.25, -0.2) is 0 Å². The summed E-state index contributed by atoms with van der Waals surface area (Å²) in [7, 11) is 0. The van der Waals surface area contributed by atoms with E-state index < -0.39 is 0 Å². The predicted octanol–water partition coefficient (Wildman–Crippen LogP) is 4.50. The number of nitrogens with zero attached hydrogens (tertiary/aromatic N) is 1. The van der Waals surface area contributed by atoms with E-state index in [9.17, 15) is 4.79 Å². The van der Waals surface area contributed by atoms with E-state index in [1.165, 1.54) is 17.5 Å². The number of benzene rings is 2. The summed E-state index contributed by atoms with van der Waals surface area (Å²) in [6.45, 7) is 0.688. The molecular formula is C21H21NO. The predicted molar refractivity (Wildman–Crippen MR) is 91.6 cm³/mol. The first-order chi connectivity index (χ1) is 11.3. The molecule has 1 aliphatic carbocycles. The van der Waals surface area contributed by atoms with Crippen LogP contribution in [0.3, 0.4) is 0 Å². The molecule has 0 aromatic heterocycles. The summed E-state index contributed by atoms with van der Waals surface area (Å²) < 4.78 is 0. The molecule has 23 heavy (non-hydrogen) atoms. The molecule has 2 aromatic carbocycles. The lowest BCUT2D eigenvalue weighted by molar-refractivity contribution is -0.127. The summed E-state index contributed by atoms with van der Waals surface area (Å²) in [5, 5.41) is 0. The van der Waals surface area contributed by atoms with Crippen LogP contribution in [0, 0.1) is 5.92 Å². The first kappa shape index (κ1) is 14.3. The van der Waals surface area contributed by atoms with Gasteiger partial charge in [-0.2, -0.15) is 0 Å². The number of rotatable bonds is 3. The maximum absolute atomic E-state index is 13.0. The Hall–Kier alpha value is -2.35. The van der Waals surface area contributed by atoms with Gasteiger partial charge in [0.2, 0.25) is 0 Å². The summed E-state index contributed by atoms with van der Waals surface area (Å²) in [5.41, 5.74) is 3.49. The van der Waals surface area contributed by atoms with E-state index in [1.807, 2.05) is 24.3 Å². The summed E-state index contributed by atoms with van der Waals surface area (Å²) in [4.78, 5) is 15.1. The Morgan fingerprint density at radius 1 is 0.957 bits per heavy atom. The van der Waals surface area contributed by atoms with E-state index in [0.717, 1.165) is 18.4 Å². The van der Waals surface area contributed by atoms with Gasteiger partial charge in [0.05, 0.1) is 6.04 Å². The molecule has 0 N–H and O–H groups in total. The number of carbonyl (C=O) groups is 1. The zero-order chi connectivity index (χ0) is 15.6. The van der Waals surface area contributed by atoms with Crippen molar-refractivity contribution in [2.24, 2.45) is 5.92 Å². The normalized spacial score (nSPS) is 23.6. The van der Waals surface area contributed by atoms with E-state index in [4.69, 9.17) is 0 Å². The third-order valence-electron chi connectivity index (χ3n) is 5.04. The van der Waals surface area contributed by atoms with Crippen LogP contribution in [0.4, 0.5) is 0 Å². The number of amides is 1. The molecule has 1 amide bonds. The monoisotopic (exact) mass is 303 g/mol. The third kappa shape index (κ3) is 2.59. The highest BCUT2D eigenvalue weighted by molar-refractivity contribution is 5.97. The van der Waals surface area contributed by atoms with E-state index in [2.05, 4.69) is 47.4 Å². The molecule has 0 saturated carbocycles. The Labute approximate surface area is 137 Å². The zero-order valence-corrected chi connectivity index (χ0v) is 13.2. The summed E-state index contributed by atoms with van der Waals surface area (Å²) in [5.74, 6) is 0.578. The molecule has 2 heteroatoms. The topological polar surface area (TPSA) is 20.3 Å². The van der Waals surface area contributed by atoms with Crippen molar-refractivity contribution in [3.63, 3.8) is 0 Å². The van der Waals surface area contributed by atoms with Gasteiger partial charge in [-0.05, 0) is 30.4 Å². The Balaban J connectivity index is 1.73. The lowest BCUT2D eigenvalue weighted by Gasteiger charge is -2.29. The van der Waals surface area contributed by atoms with Crippen molar-refractivity contribution in [2.45, 2.75) is 31.8 Å². The highest BCUT2D eigenvalue weighted by Crippen LogP contribution is 2.46. The van der Waals surface area contributed by atoms with Gasteiger partial charge in [-0.3, -0.25) is 4.79 Å². The first-order valence-electron chi connectivity index (χ1n) is 8.44. The highest BCUT2D eigenvalue weighted by Gasteiger charge is 2.44. The van der Waals surface area contributed by atoms with E-state index in [0.29, 0.717) is 12.5 Å². The maximum atomic E-state index is 13.0. The van der Waals surface area contributed by atoms with Crippen molar-refractivity contribution >= 4 is 5.91 Å². The average Bonchev–Trinajstić information content (AvgIpc) is 2.89. The standard InChI is InChI=1S/C21H21NO/c23-21-19-14-8-7-13-18(19)20(17-11-5-2-6-12-17)22(21)15-16-9-3-1-4-10-16/h1-6,9-12,14,18,20H,7-8,13,15H2/t18-,20+/m0/s1. The molecule has 2 nitrogen and oxygen atoms in total. The fourth-order valence-corrected chi connectivity index (χ4v) is 4.00. The van der Waals surface area contributed by atoms with E-state index in [1.54, 1.807) is 0 Å². The van der Waals surface area contributed by atoms with Gasteiger partial charge in [-0.1, -0.05) is 66.7 Å². The van der Waals surface area contributed by atoms with Crippen LogP contribution in [0.15, 0.2) is 72.3 Å². The average molecular weight is 303 g/mol. The van der Waals surface area contributed by atoms with Gasteiger partial charge in [0.15, 0.2) is 0 Å². The fraction of sp³-hybridized carbons (Fsp3) is 0.286. The SMILES string of the molecule is O=C1C2=CCCC[C@@H]2[C@@H](c2ccccc2)N1Cc1ccccc1. The molecule has 0 unspecified atom stereocenters. The third-order valence-corrected chi connectivity index (χ3v) is 5.04. The molecule has 1 saturated heterocycles. The number of likely N-dealkylation sites (tertiary alicyclic amines) is 1. The Morgan fingerprint density at radius 3 is 2.39 bits per heavy atom. The van der Waals surface area contributed by atoms with Crippen molar-refractivity contribution in [2.75, 3.05) is 0 Å². The largest absolute Gasteiger partial charge is 0.327 e. The second-order valence-corrected chi connectivity index (χ2v) is 6.47. The van der Waals surface area contributed by atoms with Crippen LogP contribution in [0.1, 0.15) is 36.4 Å². The number of hydrogen-bond acceptors (Lipinski definition) is 1. The first-order valence-corrected chi connectivity index (χ1v) is 8.44. The smallest absolute Gasteiger partial charge is 0.250 e. The van der Waals surface area contributed by atoms with Crippen LogP contribution in [0.25, 0.3) is 0 Å². The summed E-state index contributed by atoms with van der Waals surface area (Å²) >= 11 is 0. The molecule has 4 rings (SSSR count). The lowest BCUT2D eigenvalue weighted by atomic mass is 9.83. The summed E-state index contributed by atoms with van der Waals surface area (Å²) in [6, 6.07) is 21.0. The molecule has 2 aliphatic rings. The highest BCUT2D eigenvalue weighted by atomic mass is 16.2. The van der Waals surface area contributed by atoms with Crippen LogP contribution in [-0.2, 0) is 11.3 Å². The molecule has 1 aliphatic heterocycles. The van der Waals surface area contributed by atoms with Crippen LogP contribution in [0.5, 0.6) is 0 Å². The molecule has 1 fully saturated rings. The molecule has 116 valence electrons. The Kier molecular flexibility index (Phi) is 3.74. The minimum Gasteiger partial charge on any atom is -0.327 e. The minimum atomic E-state index is 0.176. The van der Waals surface area contributed by atoms with Crippen molar-refractivity contribution in [1.29, 1.82) is 0 Å². The van der Waals surface area contributed by atoms with Crippen molar-refractivity contribution < 1.29 is 4.79 Å². The van der Waals surface area contributed by atoms with Gasteiger partial charge in [0.25, 0.3) is 5.91 Å². The van der Waals surface area contributed by atoms with E-state index in [-0.39, 0.29) is 11.9 Å². The van der Waals surface area contributed by atoms with Crippen LogP contribution < -0.4 is 0 Å². The van der Waals surface area contributed by atoms with Gasteiger partial charge >= 0.3 is 0 Å². The van der Waals surface area contributed by atoms with Crippen LogP contribution in [0.2, 0.25) is 0 Å². The van der Waals surface area contributed by atoms with Gasteiger partial charge in [0.1, 0.15) is 0 Å². The Morgan fingerprint density at radius 2 is 1.65 bits per heavy atom. The zero-order valence-electron chi connectivity index (χ0n) is 13.2. The molecule has 2 aromatic rings. The van der Waals surface area contributed by atoms with Crippen molar-refractivity contribution in [3.8, 4) is 0 Å². The van der Waals surface area contributed by atoms with Crippen LogP contribution in [-0.4, -0.2) is 10.8 Å². The molecule has 0 radical (unpaired) electrons. The molecule has 2 atom stereocenters. The fourth-order valence-electron chi connectivity index (χ4n) is 4.00. The minimum absolute atomic E-state index is 0.176. The number of allylic oxidation sites excluding steroid dienone is 1. The van der Waals surface area contributed by atoms with Gasteiger partial charge in [0, 0.05) is 18.0 Å². The van der Waals surface area contributed by atoms with Crippen molar-refractivity contribution in [1.82, 2.24) is 4.90 Å². The van der Waals surface area contributed by atoms with Gasteiger partial charge in [-0.15, -0.1) is 0 Å². The number of fused-ring (bicyclic) bond motifs is 1. The number of carbonyl (C=O) groups excluding carboxylic acids is 1. The number of hydrogen-bond donors (Lipinski definition) is 0. The maximum Gasteiger partial charge on any atom is 0.250 e. The second kappa shape index (κ2) is 6.04. The quantitative estimate of drug-likeness (QED) is 0.817. The van der Waals surface area contributed by atoms with Gasteiger partial charge < -0.3 is 4.90 Å². The molecule has 0 spiro atoms. The summed E-state index contributed by atoms with van der Waals surface area (Å²) in [6.07, 6.45) is 5.52.